The van der Waals surface area contributed by atoms with Gasteiger partial charge in [-0.25, -0.2) is 0 Å². The van der Waals surface area contributed by atoms with Crippen LogP contribution in [0.2, 0.25) is 0 Å². The van der Waals surface area contributed by atoms with Gasteiger partial charge < -0.3 is 10.2 Å². The molecular formula is C16H17BrN6OS. The summed E-state index contributed by atoms with van der Waals surface area (Å²) in [5, 5.41) is 12.0. The Morgan fingerprint density at radius 2 is 2.12 bits per heavy atom. The molecule has 0 fully saturated rings. The summed E-state index contributed by atoms with van der Waals surface area (Å²) in [4.78, 5) is 18.3. The van der Waals surface area contributed by atoms with Gasteiger partial charge in [0.05, 0.1) is 5.69 Å². The molecule has 0 saturated carbocycles. The number of nitrogens with zero attached hydrogens (tertiary/aromatic N) is 5. The predicted octanol–water partition coefficient (Wildman–Crippen LogP) is 4.37. The van der Waals surface area contributed by atoms with Gasteiger partial charge in [0.1, 0.15) is 5.69 Å². The lowest BCUT2D eigenvalue weighted by Crippen LogP contribution is -2.35. The minimum Gasteiger partial charge on any atom is -0.371 e. The summed E-state index contributed by atoms with van der Waals surface area (Å²) in [6.07, 6.45) is 4.21. The second-order valence-corrected chi connectivity index (χ2v) is 7.62. The number of amides is 1. The van der Waals surface area contributed by atoms with E-state index in [9.17, 15) is 4.79 Å². The van der Waals surface area contributed by atoms with Gasteiger partial charge in [-0.3, -0.25) is 4.79 Å². The van der Waals surface area contributed by atoms with Gasteiger partial charge in [-0.15, -0.1) is 10.2 Å². The van der Waals surface area contributed by atoms with Crippen molar-refractivity contribution in [2.45, 2.75) is 32.6 Å². The molecule has 2 aromatic rings. The third kappa shape index (κ3) is 3.30. The Balaban J connectivity index is 1.82. The molecule has 0 radical (unpaired) electrons. The number of carbonyl (C=O) groups excluding carboxylic acids is 1. The maximum atomic E-state index is 11.8. The molecule has 1 aromatic carbocycles. The highest BCUT2D eigenvalue weighted by Crippen LogP contribution is 2.44. The monoisotopic (exact) mass is 420 g/mol. The van der Waals surface area contributed by atoms with E-state index in [0.717, 1.165) is 44.5 Å². The molecule has 0 saturated heterocycles. The zero-order valence-corrected chi connectivity index (χ0v) is 16.2. The number of carbonyl (C=O) groups is 1. The van der Waals surface area contributed by atoms with E-state index in [2.05, 4.69) is 51.8 Å². The lowest BCUT2D eigenvalue weighted by atomic mass is 9.90. The smallest absolute Gasteiger partial charge is 0.250 e. The van der Waals surface area contributed by atoms with Crippen molar-refractivity contribution >= 4 is 55.6 Å². The summed E-state index contributed by atoms with van der Waals surface area (Å²) in [6, 6.07) is 2.06. The van der Waals surface area contributed by atoms with E-state index in [1.165, 1.54) is 35.3 Å². The largest absolute Gasteiger partial charge is 0.371 e. The molecule has 1 N–H and O–H groups in total. The van der Waals surface area contributed by atoms with Crippen LogP contribution in [0.15, 0.2) is 21.0 Å². The van der Waals surface area contributed by atoms with E-state index in [4.69, 9.17) is 0 Å². The first-order chi connectivity index (χ1) is 12.1. The van der Waals surface area contributed by atoms with Crippen molar-refractivity contribution in [3.63, 3.8) is 0 Å². The first-order valence-corrected chi connectivity index (χ1v) is 9.80. The van der Waals surface area contributed by atoms with Crippen molar-refractivity contribution in [3.8, 4) is 0 Å². The van der Waals surface area contributed by atoms with Gasteiger partial charge >= 0.3 is 0 Å². The summed E-state index contributed by atoms with van der Waals surface area (Å²) < 4.78 is 4.54. The zero-order chi connectivity index (χ0) is 17.4. The van der Waals surface area contributed by atoms with Gasteiger partial charge in [0.15, 0.2) is 0 Å². The van der Waals surface area contributed by atoms with Crippen LogP contribution in [0.3, 0.4) is 0 Å². The van der Waals surface area contributed by atoms with E-state index in [-0.39, 0.29) is 5.91 Å². The van der Waals surface area contributed by atoms with Crippen molar-refractivity contribution in [1.29, 1.82) is 0 Å². The molecule has 3 heterocycles. The highest BCUT2D eigenvalue weighted by molar-refractivity contribution is 9.10. The number of anilines is 2. The molecule has 9 heteroatoms. The molecule has 2 aliphatic heterocycles. The lowest BCUT2D eigenvalue weighted by Gasteiger charge is -2.38. The van der Waals surface area contributed by atoms with Gasteiger partial charge in [-0.2, -0.15) is 9.36 Å². The molecule has 1 amide bonds. The molecule has 0 aliphatic carbocycles. The van der Waals surface area contributed by atoms with Gasteiger partial charge in [-0.05, 0) is 53.2 Å². The second kappa shape index (κ2) is 6.80. The SMILES string of the molecule is CC(=O)Nc1c(N=Nc2nc(Br)ns2)cc2c3c1CCCN3CCC2. The summed E-state index contributed by atoms with van der Waals surface area (Å²) in [5.74, 6) is -0.0979. The summed E-state index contributed by atoms with van der Waals surface area (Å²) >= 11 is 4.39. The predicted molar refractivity (Wildman–Crippen MR) is 101 cm³/mol. The van der Waals surface area contributed by atoms with Crippen LogP contribution in [-0.4, -0.2) is 28.4 Å². The maximum Gasteiger partial charge on any atom is 0.250 e. The first-order valence-electron chi connectivity index (χ1n) is 8.24. The molecule has 0 bridgehead atoms. The third-order valence-corrected chi connectivity index (χ3v) is 5.63. The van der Waals surface area contributed by atoms with Crippen molar-refractivity contribution in [2.24, 2.45) is 10.2 Å². The Morgan fingerprint density at radius 1 is 1.32 bits per heavy atom. The van der Waals surface area contributed by atoms with E-state index in [1.807, 2.05) is 0 Å². The van der Waals surface area contributed by atoms with Crippen molar-refractivity contribution in [1.82, 2.24) is 9.36 Å². The number of hydrogen-bond acceptors (Lipinski definition) is 7. The van der Waals surface area contributed by atoms with E-state index in [1.54, 1.807) is 0 Å². The van der Waals surface area contributed by atoms with Crippen LogP contribution in [-0.2, 0) is 17.6 Å². The molecule has 1 aromatic heterocycles. The Labute approximate surface area is 157 Å². The number of aromatic nitrogens is 2. The Morgan fingerprint density at radius 3 is 2.84 bits per heavy atom. The number of aryl methyl sites for hydroxylation is 1. The lowest BCUT2D eigenvalue weighted by molar-refractivity contribution is -0.114. The summed E-state index contributed by atoms with van der Waals surface area (Å²) in [5.41, 5.74) is 5.25. The first kappa shape index (κ1) is 16.6. The van der Waals surface area contributed by atoms with Gasteiger partial charge in [0, 0.05) is 42.8 Å². The quantitative estimate of drug-likeness (QED) is 0.746. The average molecular weight is 421 g/mol. The van der Waals surface area contributed by atoms with Crippen LogP contribution < -0.4 is 10.2 Å². The van der Waals surface area contributed by atoms with Gasteiger partial charge in [0.2, 0.25) is 15.8 Å². The van der Waals surface area contributed by atoms with Gasteiger partial charge in [0.25, 0.3) is 0 Å². The molecule has 0 atom stereocenters. The molecular weight excluding hydrogens is 404 g/mol. The fourth-order valence-electron chi connectivity index (χ4n) is 3.57. The maximum absolute atomic E-state index is 11.8. The van der Waals surface area contributed by atoms with Crippen LogP contribution in [0.25, 0.3) is 0 Å². The number of azo groups is 1. The number of nitrogens with one attached hydrogen (secondary N) is 1. The molecule has 25 heavy (non-hydrogen) atoms. The van der Waals surface area contributed by atoms with E-state index in [0.29, 0.717) is 15.6 Å². The van der Waals surface area contributed by atoms with Crippen LogP contribution >= 0.6 is 27.5 Å². The number of rotatable bonds is 3. The highest BCUT2D eigenvalue weighted by atomic mass is 79.9. The third-order valence-electron chi connectivity index (χ3n) is 4.44. The Hall–Kier alpha value is -1.87. The number of hydrogen-bond donors (Lipinski definition) is 1. The zero-order valence-electron chi connectivity index (χ0n) is 13.8. The van der Waals surface area contributed by atoms with Gasteiger partial charge in [-0.1, -0.05) is 0 Å². The summed E-state index contributed by atoms with van der Waals surface area (Å²) in [6.45, 7) is 3.69. The van der Waals surface area contributed by atoms with E-state index < -0.39 is 0 Å². The molecule has 2 aliphatic rings. The highest BCUT2D eigenvalue weighted by Gasteiger charge is 2.28. The van der Waals surface area contributed by atoms with Crippen molar-refractivity contribution in [2.75, 3.05) is 23.3 Å². The number of halogens is 1. The average Bonchev–Trinajstić information content (AvgIpc) is 3.01. The van der Waals surface area contributed by atoms with Crippen molar-refractivity contribution < 1.29 is 4.79 Å². The fraction of sp³-hybridized carbons (Fsp3) is 0.438. The summed E-state index contributed by atoms with van der Waals surface area (Å²) in [7, 11) is 0. The molecule has 0 spiro atoms. The topological polar surface area (TPSA) is 82.8 Å². The minimum absolute atomic E-state index is 0.0979. The van der Waals surface area contributed by atoms with Crippen LogP contribution in [0.4, 0.5) is 22.2 Å². The second-order valence-electron chi connectivity index (χ2n) is 6.18. The molecule has 0 unspecified atom stereocenters. The normalized spacial score (nSPS) is 16.2. The molecule has 7 nitrogen and oxygen atoms in total. The minimum atomic E-state index is -0.0979. The van der Waals surface area contributed by atoms with Crippen molar-refractivity contribution in [3.05, 3.63) is 21.9 Å². The van der Waals surface area contributed by atoms with Crippen LogP contribution in [0, 0.1) is 0 Å². The number of benzene rings is 1. The van der Waals surface area contributed by atoms with E-state index >= 15 is 0 Å². The molecule has 130 valence electrons. The Kier molecular flexibility index (Phi) is 4.51. The van der Waals surface area contributed by atoms with Crippen LogP contribution in [0.1, 0.15) is 30.9 Å². The fourth-order valence-corrected chi connectivity index (χ4v) is 4.48. The molecule has 4 rings (SSSR count). The van der Waals surface area contributed by atoms with Crippen LogP contribution in [0.5, 0.6) is 0 Å². The Bertz CT molecular complexity index is 863. The standard InChI is InChI=1S/C16H17BrN6OS/c1-9(24)18-13-11-5-3-7-23-6-2-4-10(14(11)23)8-12(13)20-21-16-19-15(17)22-25-16/h8H,2-7H2,1H3,(H,18,24).